The summed E-state index contributed by atoms with van der Waals surface area (Å²) in [7, 11) is 0. The molecule has 0 aliphatic heterocycles. The number of nitrogens with two attached hydrogens (primary N) is 1. The van der Waals surface area contributed by atoms with Gasteiger partial charge in [0.2, 0.25) is 0 Å². The molecule has 0 fully saturated rings. The third-order valence-corrected chi connectivity index (χ3v) is 2.27. The molecule has 0 spiro atoms. The van der Waals surface area contributed by atoms with Crippen molar-refractivity contribution in [3.05, 3.63) is 23.3 Å². The summed E-state index contributed by atoms with van der Waals surface area (Å²) in [5.74, 6) is 1.50. The SMILES string of the molecule is Cc1cc(C)n2nc(CCCN)nc2n1. The third-order valence-electron chi connectivity index (χ3n) is 2.27. The van der Waals surface area contributed by atoms with E-state index < -0.39 is 0 Å². The Balaban J connectivity index is 2.41. The van der Waals surface area contributed by atoms with Gasteiger partial charge in [-0.3, -0.25) is 0 Å². The Morgan fingerprint density at radius 3 is 2.87 bits per heavy atom. The monoisotopic (exact) mass is 205 g/mol. The van der Waals surface area contributed by atoms with Gasteiger partial charge in [-0.1, -0.05) is 0 Å². The first-order chi connectivity index (χ1) is 7.20. The second-order valence-electron chi connectivity index (χ2n) is 3.67. The van der Waals surface area contributed by atoms with E-state index in [2.05, 4.69) is 15.1 Å². The maximum atomic E-state index is 5.45. The molecule has 2 aromatic heterocycles. The minimum atomic E-state index is 0.668. The van der Waals surface area contributed by atoms with Crippen LogP contribution in [0.1, 0.15) is 23.6 Å². The fourth-order valence-electron chi connectivity index (χ4n) is 1.57. The van der Waals surface area contributed by atoms with Crippen LogP contribution in [0.15, 0.2) is 6.07 Å². The predicted molar refractivity (Wildman–Crippen MR) is 57.6 cm³/mol. The second kappa shape index (κ2) is 3.94. The van der Waals surface area contributed by atoms with Gasteiger partial charge in [0.15, 0.2) is 5.82 Å². The van der Waals surface area contributed by atoms with Crippen LogP contribution in [0.3, 0.4) is 0 Å². The zero-order chi connectivity index (χ0) is 10.8. The number of hydrogen-bond acceptors (Lipinski definition) is 4. The van der Waals surface area contributed by atoms with Gasteiger partial charge in [-0.05, 0) is 32.9 Å². The molecule has 0 aliphatic carbocycles. The van der Waals surface area contributed by atoms with Crippen molar-refractivity contribution in [1.82, 2.24) is 19.6 Å². The Kier molecular flexibility index (Phi) is 2.64. The molecular weight excluding hydrogens is 190 g/mol. The lowest BCUT2D eigenvalue weighted by molar-refractivity contribution is 0.768. The van der Waals surface area contributed by atoms with Crippen LogP contribution in [-0.2, 0) is 6.42 Å². The smallest absolute Gasteiger partial charge is 0.252 e. The van der Waals surface area contributed by atoms with Crippen molar-refractivity contribution in [1.29, 1.82) is 0 Å². The first-order valence-corrected chi connectivity index (χ1v) is 5.10. The van der Waals surface area contributed by atoms with Crippen LogP contribution in [0.5, 0.6) is 0 Å². The topological polar surface area (TPSA) is 69.1 Å². The number of aromatic nitrogens is 4. The Morgan fingerprint density at radius 1 is 1.33 bits per heavy atom. The third kappa shape index (κ3) is 1.97. The van der Waals surface area contributed by atoms with Crippen LogP contribution < -0.4 is 5.73 Å². The highest BCUT2D eigenvalue weighted by molar-refractivity contribution is 5.30. The molecule has 0 amide bonds. The van der Waals surface area contributed by atoms with Gasteiger partial charge >= 0.3 is 0 Å². The summed E-state index contributed by atoms with van der Waals surface area (Å²) in [6, 6.07) is 1.99. The molecule has 0 bridgehead atoms. The molecule has 0 atom stereocenters. The van der Waals surface area contributed by atoms with Crippen molar-refractivity contribution in [2.24, 2.45) is 5.73 Å². The van der Waals surface area contributed by atoms with Gasteiger partial charge in [0.05, 0.1) is 0 Å². The highest BCUT2D eigenvalue weighted by Gasteiger charge is 2.06. The fourth-order valence-corrected chi connectivity index (χ4v) is 1.57. The van der Waals surface area contributed by atoms with E-state index in [9.17, 15) is 0 Å². The van der Waals surface area contributed by atoms with E-state index in [0.29, 0.717) is 12.3 Å². The van der Waals surface area contributed by atoms with Gasteiger partial charge in [-0.15, -0.1) is 5.10 Å². The summed E-state index contributed by atoms with van der Waals surface area (Å²) in [5.41, 5.74) is 7.48. The van der Waals surface area contributed by atoms with E-state index >= 15 is 0 Å². The summed E-state index contributed by atoms with van der Waals surface area (Å²) >= 11 is 0. The molecule has 80 valence electrons. The summed E-state index contributed by atoms with van der Waals surface area (Å²) in [4.78, 5) is 8.68. The van der Waals surface area contributed by atoms with Crippen LogP contribution >= 0.6 is 0 Å². The first kappa shape index (κ1) is 10.0. The number of aryl methyl sites for hydroxylation is 3. The standard InChI is InChI=1S/C10H15N5/c1-7-6-8(2)15-10(12-7)13-9(14-15)4-3-5-11/h6H,3-5,11H2,1-2H3. The Morgan fingerprint density at radius 2 is 2.13 bits per heavy atom. The molecule has 15 heavy (non-hydrogen) atoms. The molecule has 2 N–H and O–H groups in total. The molecule has 0 aromatic carbocycles. The van der Waals surface area contributed by atoms with Crippen LogP contribution in [-0.4, -0.2) is 26.1 Å². The second-order valence-corrected chi connectivity index (χ2v) is 3.67. The molecule has 5 nitrogen and oxygen atoms in total. The maximum absolute atomic E-state index is 5.45. The highest BCUT2D eigenvalue weighted by atomic mass is 15.3. The summed E-state index contributed by atoms with van der Waals surface area (Å²) < 4.78 is 1.78. The first-order valence-electron chi connectivity index (χ1n) is 5.10. The Labute approximate surface area is 88.3 Å². The zero-order valence-corrected chi connectivity index (χ0v) is 9.06. The van der Waals surface area contributed by atoms with Crippen molar-refractivity contribution in [3.63, 3.8) is 0 Å². The van der Waals surface area contributed by atoms with Crippen LogP contribution in [0.25, 0.3) is 5.78 Å². The normalized spacial score (nSPS) is 11.1. The molecular formula is C10H15N5. The van der Waals surface area contributed by atoms with Crippen LogP contribution in [0.4, 0.5) is 0 Å². The molecule has 0 radical (unpaired) electrons. The molecule has 2 aromatic rings. The summed E-state index contributed by atoms with van der Waals surface area (Å²) in [6.45, 7) is 4.63. The molecule has 0 unspecified atom stereocenters. The van der Waals surface area contributed by atoms with Gasteiger partial charge in [0, 0.05) is 17.8 Å². The van der Waals surface area contributed by atoms with Gasteiger partial charge in [0.1, 0.15) is 0 Å². The molecule has 0 saturated heterocycles. The van der Waals surface area contributed by atoms with Crippen LogP contribution in [0, 0.1) is 13.8 Å². The van der Waals surface area contributed by atoms with E-state index in [1.165, 1.54) is 0 Å². The summed E-state index contributed by atoms with van der Waals surface area (Å²) in [5, 5.41) is 4.38. The van der Waals surface area contributed by atoms with Gasteiger partial charge in [0.25, 0.3) is 5.78 Å². The van der Waals surface area contributed by atoms with Gasteiger partial charge in [-0.2, -0.15) is 4.98 Å². The Bertz CT molecular complexity index is 474. The maximum Gasteiger partial charge on any atom is 0.252 e. The molecule has 0 saturated carbocycles. The zero-order valence-electron chi connectivity index (χ0n) is 9.06. The van der Waals surface area contributed by atoms with Crippen LogP contribution in [0.2, 0.25) is 0 Å². The number of nitrogens with zero attached hydrogens (tertiary/aromatic N) is 4. The van der Waals surface area contributed by atoms with Crippen molar-refractivity contribution < 1.29 is 0 Å². The molecule has 2 heterocycles. The van der Waals surface area contributed by atoms with Crippen molar-refractivity contribution in [2.45, 2.75) is 26.7 Å². The van der Waals surface area contributed by atoms with Crippen molar-refractivity contribution in [3.8, 4) is 0 Å². The lowest BCUT2D eigenvalue weighted by atomic mass is 10.3. The lowest BCUT2D eigenvalue weighted by Crippen LogP contribution is -2.01. The quantitative estimate of drug-likeness (QED) is 0.798. The van der Waals surface area contributed by atoms with E-state index in [1.807, 2.05) is 19.9 Å². The van der Waals surface area contributed by atoms with E-state index in [4.69, 9.17) is 5.73 Å². The molecule has 0 aliphatic rings. The minimum absolute atomic E-state index is 0.668. The van der Waals surface area contributed by atoms with Gasteiger partial charge in [-0.25, -0.2) is 9.50 Å². The molecule has 2 rings (SSSR count). The fraction of sp³-hybridized carbons (Fsp3) is 0.500. The summed E-state index contributed by atoms with van der Waals surface area (Å²) in [6.07, 6.45) is 1.73. The minimum Gasteiger partial charge on any atom is -0.330 e. The average Bonchev–Trinajstić information content (AvgIpc) is 2.57. The lowest BCUT2D eigenvalue weighted by Gasteiger charge is -1.97. The van der Waals surface area contributed by atoms with Gasteiger partial charge < -0.3 is 5.73 Å². The van der Waals surface area contributed by atoms with E-state index in [1.54, 1.807) is 4.52 Å². The van der Waals surface area contributed by atoms with E-state index in [-0.39, 0.29) is 0 Å². The van der Waals surface area contributed by atoms with E-state index in [0.717, 1.165) is 30.1 Å². The number of rotatable bonds is 3. The molecule has 5 heteroatoms. The predicted octanol–water partition coefficient (Wildman–Crippen LogP) is 0.632. The van der Waals surface area contributed by atoms with Crippen molar-refractivity contribution >= 4 is 5.78 Å². The average molecular weight is 205 g/mol. The number of fused-ring (bicyclic) bond motifs is 1. The highest BCUT2D eigenvalue weighted by Crippen LogP contribution is 2.06. The Hall–Kier alpha value is -1.49. The number of hydrogen-bond donors (Lipinski definition) is 1. The largest absolute Gasteiger partial charge is 0.330 e. The van der Waals surface area contributed by atoms with Crippen molar-refractivity contribution in [2.75, 3.05) is 6.54 Å².